The molecule has 0 aliphatic carbocycles. The molecule has 1 unspecified atom stereocenters. The van der Waals surface area contributed by atoms with Crippen LogP contribution in [0.15, 0.2) is 24.3 Å². The molecule has 0 spiro atoms. The maximum Gasteiger partial charge on any atom is 0.261 e. The van der Waals surface area contributed by atoms with Crippen LogP contribution in [0.5, 0.6) is 5.75 Å². The summed E-state index contributed by atoms with van der Waals surface area (Å²) >= 11 is 0. The van der Waals surface area contributed by atoms with Crippen LogP contribution in [0.2, 0.25) is 0 Å². The van der Waals surface area contributed by atoms with E-state index < -0.39 is 13.0 Å². The Morgan fingerprint density at radius 2 is 2.22 bits per heavy atom. The van der Waals surface area contributed by atoms with Crippen LogP contribution in [0.25, 0.3) is 0 Å². The van der Waals surface area contributed by atoms with Gasteiger partial charge in [0.25, 0.3) is 6.43 Å². The Balaban J connectivity index is 1.64. The summed E-state index contributed by atoms with van der Waals surface area (Å²) in [5.41, 5.74) is 1.21. The second kappa shape index (κ2) is 6.66. The second-order valence-corrected chi connectivity index (χ2v) is 4.22. The van der Waals surface area contributed by atoms with Crippen LogP contribution >= 0.6 is 0 Å². The van der Waals surface area contributed by atoms with Gasteiger partial charge in [-0.2, -0.15) is 0 Å². The largest absolute Gasteiger partial charge is 0.493 e. The maximum atomic E-state index is 11.8. The lowest BCUT2D eigenvalue weighted by molar-refractivity contribution is 0.0187. The Hall–Kier alpha value is -1.20. The zero-order chi connectivity index (χ0) is 12.8. The summed E-state index contributed by atoms with van der Waals surface area (Å²) < 4.78 is 33.9. The van der Waals surface area contributed by atoms with Crippen LogP contribution in [-0.2, 0) is 4.74 Å². The van der Waals surface area contributed by atoms with Crippen molar-refractivity contribution in [2.24, 2.45) is 0 Å². The number of hydrogen-bond donors (Lipinski definition) is 1. The number of halogens is 2. The van der Waals surface area contributed by atoms with Crippen molar-refractivity contribution in [3.05, 3.63) is 29.8 Å². The molecule has 100 valence electrons. The lowest BCUT2D eigenvalue weighted by atomic mass is 10.0. The summed E-state index contributed by atoms with van der Waals surface area (Å²) in [6, 6.07) is 7.96. The first-order valence-corrected chi connectivity index (χ1v) is 6.05. The summed E-state index contributed by atoms with van der Waals surface area (Å²) in [5, 5.41) is 3.19. The zero-order valence-electron chi connectivity index (χ0n) is 10.1. The highest BCUT2D eigenvalue weighted by molar-refractivity contribution is 5.39. The average molecular weight is 257 g/mol. The van der Waals surface area contributed by atoms with Crippen LogP contribution in [0.3, 0.4) is 0 Å². The third-order valence-corrected chi connectivity index (χ3v) is 2.86. The second-order valence-electron chi connectivity index (χ2n) is 4.22. The standard InChI is InChI=1S/C13H17F2NO2/c14-13(15)9-17-6-5-16-7-10-8-18-12-4-2-1-3-11(10)12/h1-4,10,13,16H,5-9H2. The number of benzene rings is 1. The molecule has 18 heavy (non-hydrogen) atoms. The fraction of sp³-hybridized carbons (Fsp3) is 0.538. The number of fused-ring (bicyclic) bond motifs is 1. The predicted octanol–water partition coefficient (Wildman–Crippen LogP) is 2.03. The number of rotatable bonds is 7. The monoisotopic (exact) mass is 257 g/mol. The predicted molar refractivity (Wildman–Crippen MR) is 64.4 cm³/mol. The maximum absolute atomic E-state index is 11.8. The molecule has 1 aromatic rings. The third kappa shape index (κ3) is 3.65. The van der Waals surface area contributed by atoms with E-state index in [1.54, 1.807) is 0 Å². The van der Waals surface area contributed by atoms with Gasteiger partial charge < -0.3 is 14.8 Å². The molecule has 0 fully saturated rings. The van der Waals surface area contributed by atoms with E-state index in [0.29, 0.717) is 25.7 Å². The van der Waals surface area contributed by atoms with E-state index in [1.165, 1.54) is 5.56 Å². The number of ether oxygens (including phenoxy) is 2. The van der Waals surface area contributed by atoms with E-state index in [9.17, 15) is 8.78 Å². The lowest BCUT2D eigenvalue weighted by Gasteiger charge is -2.10. The summed E-state index contributed by atoms with van der Waals surface area (Å²) in [6.07, 6.45) is -2.39. The molecular weight excluding hydrogens is 240 g/mol. The van der Waals surface area contributed by atoms with Crippen molar-refractivity contribution in [3.8, 4) is 5.75 Å². The average Bonchev–Trinajstić information content (AvgIpc) is 2.77. The van der Waals surface area contributed by atoms with Gasteiger partial charge in [0.05, 0.1) is 13.2 Å². The van der Waals surface area contributed by atoms with Gasteiger partial charge in [0.1, 0.15) is 12.4 Å². The first kappa shape index (κ1) is 13.2. The molecule has 1 aliphatic rings. The first-order chi connectivity index (χ1) is 8.77. The Kier molecular flexibility index (Phi) is 4.90. The molecule has 0 radical (unpaired) electrons. The van der Waals surface area contributed by atoms with E-state index in [2.05, 4.69) is 11.4 Å². The zero-order valence-corrected chi connectivity index (χ0v) is 10.1. The van der Waals surface area contributed by atoms with Crippen molar-refractivity contribution in [1.29, 1.82) is 0 Å². The van der Waals surface area contributed by atoms with Crippen molar-refractivity contribution in [1.82, 2.24) is 5.32 Å². The highest BCUT2D eigenvalue weighted by Crippen LogP contribution is 2.32. The van der Waals surface area contributed by atoms with E-state index in [4.69, 9.17) is 9.47 Å². The van der Waals surface area contributed by atoms with Crippen LogP contribution in [-0.4, -0.2) is 39.3 Å². The molecule has 3 nitrogen and oxygen atoms in total. The van der Waals surface area contributed by atoms with Gasteiger partial charge in [-0.05, 0) is 6.07 Å². The summed E-state index contributed by atoms with van der Waals surface area (Å²) in [4.78, 5) is 0. The van der Waals surface area contributed by atoms with Gasteiger partial charge in [-0.1, -0.05) is 18.2 Å². The quantitative estimate of drug-likeness (QED) is 0.758. The van der Waals surface area contributed by atoms with Crippen molar-refractivity contribution in [3.63, 3.8) is 0 Å². The molecular formula is C13H17F2NO2. The van der Waals surface area contributed by atoms with Crippen LogP contribution in [0.4, 0.5) is 8.78 Å². The molecule has 0 amide bonds. The van der Waals surface area contributed by atoms with Crippen molar-refractivity contribution in [2.75, 3.05) is 32.9 Å². The SMILES string of the molecule is FC(F)COCCNCC1COc2ccccc21. The summed E-state index contributed by atoms with van der Waals surface area (Å²) in [7, 11) is 0. The minimum atomic E-state index is -2.39. The van der Waals surface area contributed by atoms with Crippen molar-refractivity contribution >= 4 is 0 Å². The van der Waals surface area contributed by atoms with Crippen LogP contribution < -0.4 is 10.1 Å². The smallest absolute Gasteiger partial charge is 0.261 e. The van der Waals surface area contributed by atoms with Gasteiger partial charge in [0.15, 0.2) is 0 Å². The van der Waals surface area contributed by atoms with Gasteiger partial charge in [-0.3, -0.25) is 0 Å². The van der Waals surface area contributed by atoms with Crippen molar-refractivity contribution < 1.29 is 18.3 Å². The molecule has 0 saturated carbocycles. The van der Waals surface area contributed by atoms with Gasteiger partial charge in [-0.25, -0.2) is 8.78 Å². The molecule has 1 N–H and O–H groups in total. The fourth-order valence-corrected chi connectivity index (χ4v) is 1.99. The van der Waals surface area contributed by atoms with Gasteiger partial charge in [0.2, 0.25) is 0 Å². The van der Waals surface area contributed by atoms with Crippen molar-refractivity contribution in [2.45, 2.75) is 12.3 Å². The Morgan fingerprint density at radius 1 is 1.39 bits per heavy atom. The number of nitrogens with one attached hydrogen (secondary N) is 1. The Morgan fingerprint density at radius 3 is 3.06 bits per heavy atom. The molecule has 1 aromatic carbocycles. The van der Waals surface area contributed by atoms with Crippen LogP contribution in [0.1, 0.15) is 11.5 Å². The molecule has 1 heterocycles. The van der Waals surface area contributed by atoms with Gasteiger partial charge in [0, 0.05) is 24.6 Å². The van der Waals surface area contributed by atoms with E-state index in [-0.39, 0.29) is 0 Å². The highest BCUT2D eigenvalue weighted by atomic mass is 19.3. The van der Waals surface area contributed by atoms with Gasteiger partial charge in [-0.15, -0.1) is 0 Å². The molecule has 0 aromatic heterocycles. The number of hydrogen-bond acceptors (Lipinski definition) is 3. The van der Waals surface area contributed by atoms with E-state index in [0.717, 1.165) is 12.3 Å². The topological polar surface area (TPSA) is 30.5 Å². The molecule has 2 rings (SSSR count). The lowest BCUT2D eigenvalue weighted by Crippen LogP contribution is -2.26. The molecule has 5 heteroatoms. The third-order valence-electron chi connectivity index (χ3n) is 2.86. The summed E-state index contributed by atoms with van der Waals surface area (Å²) in [5.74, 6) is 1.27. The molecule has 0 bridgehead atoms. The molecule has 0 saturated heterocycles. The van der Waals surface area contributed by atoms with E-state index >= 15 is 0 Å². The van der Waals surface area contributed by atoms with Gasteiger partial charge >= 0.3 is 0 Å². The first-order valence-electron chi connectivity index (χ1n) is 6.05. The normalized spacial score (nSPS) is 17.8. The number of para-hydroxylation sites is 1. The molecule has 1 aliphatic heterocycles. The minimum Gasteiger partial charge on any atom is -0.493 e. The Labute approximate surface area is 105 Å². The van der Waals surface area contributed by atoms with Crippen LogP contribution in [0, 0.1) is 0 Å². The minimum absolute atomic E-state index is 0.305. The summed E-state index contributed by atoms with van der Waals surface area (Å²) in [6.45, 7) is 1.83. The Bertz CT molecular complexity index is 374. The highest BCUT2D eigenvalue weighted by Gasteiger charge is 2.22. The van der Waals surface area contributed by atoms with E-state index in [1.807, 2.05) is 18.2 Å². The molecule has 1 atom stereocenters. The number of alkyl halides is 2. The fourth-order valence-electron chi connectivity index (χ4n) is 1.99.